The topological polar surface area (TPSA) is 93.3 Å². The smallest absolute Gasteiger partial charge is 0.259 e. The molecule has 1 aromatic carbocycles. The third-order valence-corrected chi connectivity index (χ3v) is 7.83. The van der Waals surface area contributed by atoms with Crippen LogP contribution in [0.25, 0.3) is 10.2 Å². The second kappa shape index (κ2) is 7.62. The van der Waals surface area contributed by atoms with Gasteiger partial charge in [-0.05, 0) is 56.2 Å². The minimum Gasteiger partial charge on any atom is -0.448 e. The van der Waals surface area contributed by atoms with E-state index in [0.29, 0.717) is 23.7 Å². The van der Waals surface area contributed by atoms with Crippen molar-refractivity contribution in [3.8, 4) is 11.5 Å². The van der Waals surface area contributed by atoms with E-state index in [2.05, 4.69) is 15.3 Å². The van der Waals surface area contributed by atoms with Gasteiger partial charge in [0.1, 0.15) is 10.7 Å². The Balaban J connectivity index is 1.12. The number of amides is 1. The van der Waals surface area contributed by atoms with Crippen LogP contribution in [0.2, 0.25) is 0 Å². The summed E-state index contributed by atoms with van der Waals surface area (Å²) in [6.45, 7) is 0. The number of aryl methyl sites for hydroxylation is 3. The minimum atomic E-state index is -0.512. The number of carbonyl (C=O) groups excluding carboxylic acids is 1. The summed E-state index contributed by atoms with van der Waals surface area (Å²) in [5.74, 6) is 1.33. The highest BCUT2D eigenvalue weighted by atomic mass is 32.1. The maximum absolute atomic E-state index is 12.7. The largest absolute Gasteiger partial charge is 0.448 e. The standard InChI is InChI=1S/C24H25N3O4S/c28-20(25-14-7-8-16-17(13-14)31-24(30-16)11-3-4-12-24)10-9-19-26-22(29)21-15-5-1-2-6-18(15)32-23(21)27-19/h7-8,13H,1-6,9-12H2,(H,25,28)(H,26,27,29). The molecule has 0 saturated heterocycles. The second-order valence-electron chi connectivity index (χ2n) is 8.94. The fourth-order valence-electron chi connectivity index (χ4n) is 5.07. The highest BCUT2D eigenvalue weighted by Crippen LogP contribution is 2.47. The van der Waals surface area contributed by atoms with Crippen LogP contribution >= 0.6 is 11.3 Å². The molecule has 3 heterocycles. The average molecular weight is 452 g/mol. The molecule has 7 nitrogen and oxygen atoms in total. The molecule has 1 saturated carbocycles. The van der Waals surface area contributed by atoms with Gasteiger partial charge in [-0.1, -0.05) is 0 Å². The molecule has 0 atom stereocenters. The quantitative estimate of drug-likeness (QED) is 0.610. The van der Waals surface area contributed by atoms with E-state index in [4.69, 9.17) is 9.47 Å². The number of fused-ring (bicyclic) bond motifs is 4. The van der Waals surface area contributed by atoms with Crippen molar-refractivity contribution in [2.24, 2.45) is 0 Å². The van der Waals surface area contributed by atoms with Crippen LogP contribution in [0.1, 0.15) is 61.2 Å². The highest BCUT2D eigenvalue weighted by Gasteiger charge is 2.44. The Labute approximate surface area is 189 Å². The number of thiophene rings is 1. The van der Waals surface area contributed by atoms with Crippen molar-refractivity contribution < 1.29 is 14.3 Å². The average Bonchev–Trinajstić information content (AvgIpc) is 3.48. The van der Waals surface area contributed by atoms with E-state index in [1.54, 1.807) is 11.3 Å². The summed E-state index contributed by atoms with van der Waals surface area (Å²) in [7, 11) is 0. The first kappa shape index (κ1) is 19.8. The van der Waals surface area contributed by atoms with Crippen molar-refractivity contribution in [2.75, 3.05) is 5.32 Å². The number of benzene rings is 1. The molecular weight excluding hydrogens is 426 g/mol. The Hall–Kier alpha value is -2.87. The molecular formula is C24H25N3O4S. The summed E-state index contributed by atoms with van der Waals surface area (Å²) >= 11 is 1.63. The summed E-state index contributed by atoms with van der Waals surface area (Å²) in [6, 6.07) is 5.50. The first-order chi connectivity index (χ1) is 15.6. The van der Waals surface area contributed by atoms with Crippen molar-refractivity contribution in [3.05, 3.63) is 44.8 Å². The SMILES string of the molecule is O=C(CCc1nc2sc3c(c2c(=O)[nH]1)CCCC3)Nc1ccc2c(c1)OC1(CCCC1)O2. The van der Waals surface area contributed by atoms with Gasteiger partial charge in [0, 0.05) is 42.3 Å². The van der Waals surface area contributed by atoms with Crippen LogP contribution in [0, 0.1) is 0 Å². The van der Waals surface area contributed by atoms with Crippen molar-refractivity contribution in [1.29, 1.82) is 0 Å². The fraction of sp³-hybridized carbons (Fsp3) is 0.458. The molecule has 0 radical (unpaired) electrons. The lowest BCUT2D eigenvalue weighted by atomic mass is 9.97. The molecule has 2 aliphatic carbocycles. The van der Waals surface area contributed by atoms with Crippen molar-refractivity contribution >= 4 is 33.1 Å². The van der Waals surface area contributed by atoms with Crippen LogP contribution in [0.15, 0.2) is 23.0 Å². The Bertz CT molecular complexity index is 1270. The van der Waals surface area contributed by atoms with E-state index >= 15 is 0 Å². The van der Waals surface area contributed by atoms with Crippen LogP contribution in [0.4, 0.5) is 5.69 Å². The Morgan fingerprint density at radius 1 is 1.12 bits per heavy atom. The highest BCUT2D eigenvalue weighted by molar-refractivity contribution is 7.18. The molecule has 3 aromatic rings. The Kier molecular flexibility index (Phi) is 4.71. The third-order valence-electron chi connectivity index (χ3n) is 6.65. The lowest BCUT2D eigenvalue weighted by molar-refractivity contribution is -0.116. The lowest BCUT2D eigenvalue weighted by Gasteiger charge is -2.21. The number of rotatable bonds is 4. The van der Waals surface area contributed by atoms with Crippen LogP contribution < -0.4 is 20.3 Å². The van der Waals surface area contributed by atoms with Crippen LogP contribution in [0.5, 0.6) is 11.5 Å². The van der Waals surface area contributed by atoms with E-state index in [0.717, 1.165) is 60.9 Å². The molecule has 6 rings (SSSR count). The van der Waals surface area contributed by atoms with Crippen molar-refractivity contribution in [1.82, 2.24) is 9.97 Å². The van der Waals surface area contributed by atoms with E-state index in [-0.39, 0.29) is 17.9 Å². The van der Waals surface area contributed by atoms with Gasteiger partial charge in [-0.25, -0.2) is 4.98 Å². The zero-order valence-corrected chi connectivity index (χ0v) is 18.6. The van der Waals surface area contributed by atoms with E-state index < -0.39 is 5.79 Å². The number of aromatic amines is 1. The van der Waals surface area contributed by atoms with E-state index in [1.165, 1.54) is 16.9 Å². The molecule has 0 unspecified atom stereocenters. The van der Waals surface area contributed by atoms with Gasteiger partial charge < -0.3 is 19.8 Å². The molecule has 0 bridgehead atoms. The molecule has 1 amide bonds. The summed E-state index contributed by atoms with van der Waals surface area (Å²) < 4.78 is 12.1. The predicted molar refractivity (Wildman–Crippen MR) is 123 cm³/mol. The zero-order chi connectivity index (χ0) is 21.7. The monoisotopic (exact) mass is 451 g/mol. The third kappa shape index (κ3) is 3.46. The summed E-state index contributed by atoms with van der Waals surface area (Å²) in [5.41, 5.74) is 1.77. The molecule has 3 aliphatic rings. The number of ether oxygens (including phenoxy) is 2. The summed E-state index contributed by atoms with van der Waals surface area (Å²) in [6.07, 6.45) is 8.90. The van der Waals surface area contributed by atoms with Gasteiger partial charge in [0.25, 0.3) is 11.3 Å². The Morgan fingerprint density at radius 3 is 2.81 bits per heavy atom. The van der Waals surface area contributed by atoms with Crippen molar-refractivity contribution in [3.63, 3.8) is 0 Å². The van der Waals surface area contributed by atoms with Crippen molar-refractivity contribution in [2.45, 2.75) is 70.0 Å². The van der Waals surface area contributed by atoms with Gasteiger partial charge in [0.2, 0.25) is 5.91 Å². The number of aromatic nitrogens is 2. The molecule has 166 valence electrons. The number of carbonyl (C=O) groups is 1. The maximum Gasteiger partial charge on any atom is 0.259 e. The summed E-state index contributed by atoms with van der Waals surface area (Å²) in [4.78, 5) is 34.8. The van der Waals surface area contributed by atoms with Gasteiger partial charge >= 0.3 is 0 Å². The van der Waals surface area contributed by atoms with Gasteiger partial charge in [0.15, 0.2) is 11.5 Å². The molecule has 2 aromatic heterocycles. The van der Waals surface area contributed by atoms with Crippen LogP contribution in [0.3, 0.4) is 0 Å². The predicted octanol–water partition coefficient (Wildman–Crippen LogP) is 4.48. The number of nitrogens with zero attached hydrogens (tertiary/aromatic N) is 1. The molecule has 32 heavy (non-hydrogen) atoms. The molecule has 8 heteroatoms. The Morgan fingerprint density at radius 2 is 1.94 bits per heavy atom. The van der Waals surface area contributed by atoms with Gasteiger partial charge in [-0.2, -0.15) is 0 Å². The van der Waals surface area contributed by atoms with Crippen LogP contribution in [-0.2, 0) is 24.1 Å². The van der Waals surface area contributed by atoms with Gasteiger partial charge in [0.05, 0.1) is 5.39 Å². The van der Waals surface area contributed by atoms with E-state index in [9.17, 15) is 9.59 Å². The minimum absolute atomic E-state index is 0.0820. The number of H-pyrrole nitrogens is 1. The van der Waals surface area contributed by atoms with Gasteiger partial charge in [-0.15, -0.1) is 11.3 Å². The first-order valence-corrected chi connectivity index (χ1v) is 12.3. The molecule has 2 N–H and O–H groups in total. The summed E-state index contributed by atoms with van der Waals surface area (Å²) in [5, 5.41) is 3.67. The maximum atomic E-state index is 12.7. The zero-order valence-electron chi connectivity index (χ0n) is 17.8. The number of hydrogen-bond donors (Lipinski definition) is 2. The lowest BCUT2D eigenvalue weighted by Crippen LogP contribution is -2.34. The fourth-order valence-corrected chi connectivity index (χ4v) is 6.35. The number of hydrogen-bond acceptors (Lipinski definition) is 6. The van der Waals surface area contributed by atoms with Gasteiger partial charge in [-0.3, -0.25) is 9.59 Å². The van der Waals surface area contributed by atoms with E-state index in [1.807, 2.05) is 18.2 Å². The molecule has 1 aliphatic heterocycles. The van der Waals surface area contributed by atoms with Crippen LogP contribution in [-0.4, -0.2) is 21.7 Å². The molecule has 1 fully saturated rings. The number of nitrogens with one attached hydrogen (secondary N) is 2. The normalized spacial score (nSPS) is 18.2. The number of anilines is 1. The molecule has 1 spiro atoms. The first-order valence-electron chi connectivity index (χ1n) is 11.4. The second-order valence-corrected chi connectivity index (χ2v) is 10.0.